The van der Waals surface area contributed by atoms with E-state index >= 15 is 0 Å². The summed E-state index contributed by atoms with van der Waals surface area (Å²) in [4.78, 5) is 14.3. The predicted octanol–water partition coefficient (Wildman–Crippen LogP) is -0.116. The van der Waals surface area contributed by atoms with E-state index in [2.05, 4.69) is 4.98 Å². The van der Waals surface area contributed by atoms with Crippen LogP contribution in [-0.2, 0) is 4.79 Å². The topological polar surface area (TPSA) is 46.6 Å². The first kappa shape index (κ1) is 6.38. The van der Waals surface area contributed by atoms with Crippen molar-refractivity contribution in [1.29, 1.82) is 0 Å². The lowest BCUT2D eigenvalue weighted by Gasteiger charge is -1.83. The number of carbonyl (C=O) groups excluding carboxylic acids is 1. The van der Waals surface area contributed by atoms with Crippen molar-refractivity contribution in [3.8, 4) is 0 Å². The lowest BCUT2D eigenvalue weighted by molar-refractivity contribution is -0.481. The van der Waals surface area contributed by atoms with E-state index in [-0.39, 0.29) is 5.91 Å². The van der Waals surface area contributed by atoms with Crippen molar-refractivity contribution in [2.45, 2.75) is 6.92 Å². The van der Waals surface area contributed by atoms with Gasteiger partial charge in [-0.1, -0.05) is 11.3 Å². The molecule has 0 saturated heterocycles. The zero-order valence-corrected chi connectivity index (χ0v) is 5.81. The number of carbonyl (C=O) groups is 1. The third-order valence-electron chi connectivity index (χ3n) is 0.778. The van der Waals surface area contributed by atoms with Gasteiger partial charge in [-0.3, -0.25) is 0 Å². The second-order valence-corrected chi connectivity index (χ2v) is 2.55. The van der Waals surface area contributed by atoms with Gasteiger partial charge in [0.05, 0.1) is 6.92 Å². The average molecular weight is 143 g/mol. The number of nitrogens with two attached hydrogens (primary N) is 1. The number of thiazole rings is 1. The smallest absolute Gasteiger partial charge is 0.231 e. The number of hydrogen-bond donors (Lipinski definition) is 1. The highest BCUT2D eigenvalue weighted by atomic mass is 32.1. The van der Waals surface area contributed by atoms with Crippen LogP contribution in [0.3, 0.4) is 0 Å². The number of rotatable bonds is 1. The molecule has 0 aromatic carbocycles. The van der Waals surface area contributed by atoms with Gasteiger partial charge in [0, 0.05) is 11.6 Å². The van der Waals surface area contributed by atoms with E-state index < -0.39 is 0 Å². The van der Waals surface area contributed by atoms with Gasteiger partial charge in [-0.2, -0.15) is 4.98 Å². The molecule has 0 bridgehead atoms. The molecular formula is C5H7N2OS+. The molecule has 0 unspecified atom stereocenters. The quantitative estimate of drug-likeness (QED) is 0.596. The molecule has 0 spiro atoms. The van der Waals surface area contributed by atoms with Crippen LogP contribution in [0.25, 0.3) is 0 Å². The first-order valence-electron chi connectivity index (χ1n) is 2.54. The van der Waals surface area contributed by atoms with Gasteiger partial charge in [0.25, 0.3) is 5.13 Å². The molecule has 9 heavy (non-hydrogen) atoms. The van der Waals surface area contributed by atoms with Crippen LogP contribution in [0.4, 0.5) is 5.13 Å². The van der Waals surface area contributed by atoms with Crippen LogP contribution in [-0.4, -0.2) is 10.9 Å². The van der Waals surface area contributed by atoms with Gasteiger partial charge in [0.1, 0.15) is 0 Å². The number of hydrogen-bond acceptors (Lipinski definition) is 3. The van der Waals surface area contributed by atoms with Crippen LogP contribution in [0.1, 0.15) is 6.92 Å². The fourth-order valence-corrected chi connectivity index (χ4v) is 1.10. The zero-order chi connectivity index (χ0) is 6.69. The lowest BCUT2D eigenvalue weighted by Crippen LogP contribution is -2.81. The van der Waals surface area contributed by atoms with Crippen LogP contribution in [0, 0.1) is 0 Å². The first-order valence-corrected chi connectivity index (χ1v) is 3.42. The summed E-state index contributed by atoms with van der Waals surface area (Å²) in [5.74, 6) is 0.0463. The summed E-state index contributed by atoms with van der Waals surface area (Å²) in [6.45, 7) is 1.52. The Morgan fingerprint density at radius 1 is 1.89 bits per heavy atom. The molecule has 1 heterocycles. The van der Waals surface area contributed by atoms with Crippen LogP contribution in [0.15, 0.2) is 11.6 Å². The minimum absolute atomic E-state index is 0.0463. The molecule has 0 aliphatic heterocycles. The highest BCUT2D eigenvalue weighted by Gasteiger charge is 2.01. The number of amides is 1. The Kier molecular flexibility index (Phi) is 1.92. The number of quaternary nitrogens is 1. The van der Waals surface area contributed by atoms with E-state index in [1.165, 1.54) is 23.6 Å². The molecule has 1 aromatic rings. The minimum Gasteiger partial charge on any atom is -0.231 e. The maximum Gasteiger partial charge on any atom is 0.314 e. The highest BCUT2D eigenvalue weighted by molar-refractivity contribution is 7.12. The minimum atomic E-state index is 0.0463. The molecule has 0 radical (unpaired) electrons. The number of aromatic nitrogens is 1. The molecule has 0 fully saturated rings. The van der Waals surface area contributed by atoms with Crippen LogP contribution < -0.4 is 5.32 Å². The van der Waals surface area contributed by atoms with Crippen molar-refractivity contribution in [2.75, 3.05) is 0 Å². The maximum absolute atomic E-state index is 10.4. The van der Waals surface area contributed by atoms with Gasteiger partial charge in [0.15, 0.2) is 0 Å². The Balaban J connectivity index is 2.58. The van der Waals surface area contributed by atoms with E-state index in [1.807, 2.05) is 5.38 Å². The zero-order valence-electron chi connectivity index (χ0n) is 5.00. The molecular weight excluding hydrogens is 136 g/mol. The summed E-state index contributed by atoms with van der Waals surface area (Å²) in [7, 11) is 0. The number of primary amides is 1. The SMILES string of the molecule is CC(=O)[NH2+]c1nccs1. The van der Waals surface area contributed by atoms with Gasteiger partial charge in [-0.15, -0.1) is 0 Å². The molecule has 0 aliphatic rings. The van der Waals surface area contributed by atoms with E-state index in [0.29, 0.717) is 0 Å². The summed E-state index contributed by atoms with van der Waals surface area (Å²) in [6.07, 6.45) is 1.68. The molecule has 0 saturated carbocycles. The second kappa shape index (κ2) is 2.70. The normalized spacial score (nSPS) is 9.44. The fraction of sp³-hybridized carbons (Fsp3) is 0.200. The molecule has 3 nitrogen and oxygen atoms in total. The lowest BCUT2D eigenvalue weighted by atomic mass is 10.7. The molecule has 1 aromatic heterocycles. The van der Waals surface area contributed by atoms with Gasteiger partial charge in [0.2, 0.25) is 0 Å². The van der Waals surface area contributed by atoms with Crippen molar-refractivity contribution in [3.05, 3.63) is 11.6 Å². The van der Waals surface area contributed by atoms with Gasteiger partial charge in [-0.25, -0.2) is 10.1 Å². The average Bonchev–Trinajstić information content (AvgIpc) is 2.15. The molecule has 1 amide bonds. The van der Waals surface area contributed by atoms with E-state index in [1.54, 1.807) is 6.20 Å². The monoisotopic (exact) mass is 143 g/mol. The Morgan fingerprint density at radius 3 is 3.11 bits per heavy atom. The second-order valence-electron chi connectivity index (χ2n) is 1.63. The van der Waals surface area contributed by atoms with E-state index in [0.717, 1.165) is 5.13 Å². The summed E-state index contributed by atoms with van der Waals surface area (Å²) in [6, 6.07) is 0. The third-order valence-corrected chi connectivity index (χ3v) is 1.50. The first-order chi connectivity index (χ1) is 4.29. The summed E-state index contributed by atoms with van der Waals surface area (Å²) >= 11 is 1.46. The summed E-state index contributed by atoms with van der Waals surface area (Å²) in [5, 5.41) is 4.14. The Morgan fingerprint density at radius 2 is 2.67 bits per heavy atom. The molecule has 1 rings (SSSR count). The standard InChI is InChI=1S/C5H6N2OS/c1-4(8)7-5-6-2-3-9-5/h2-3H,1H3,(H,6,7,8)/p+1. The Bertz CT molecular complexity index is 195. The molecule has 0 atom stereocenters. The number of nitrogens with zero attached hydrogens (tertiary/aromatic N) is 1. The Hall–Kier alpha value is -0.740. The van der Waals surface area contributed by atoms with Crippen LogP contribution in [0.5, 0.6) is 0 Å². The molecule has 2 N–H and O–H groups in total. The van der Waals surface area contributed by atoms with Gasteiger partial charge >= 0.3 is 5.91 Å². The molecule has 48 valence electrons. The van der Waals surface area contributed by atoms with Crippen molar-refractivity contribution in [1.82, 2.24) is 4.98 Å². The summed E-state index contributed by atoms with van der Waals surface area (Å²) in [5.41, 5.74) is 0. The van der Waals surface area contributed by atoms with Crippen LogP contribution >= 0.6 is 11.3 Å². The van der Waals surface area contributed by atoms with Crippen molar-refractivity contribution in [2.24, 2.45) is 0 Å². The van der Waals surface area contributed by atoms with Gasteiger partial charge < -0.3 is 0 Å². The van der Waals surface area contributed by atoms with Crippen LogP contribution in [0.2, 0.25) is 0 Å². The van der Waals surface area contributed by atoms with Crippen molar-refractivity contribution in [3.63, 3.8) is 0 Å². The molecule has 4 heteroatoms. The largest absolute Gasteiger partial charge is 0.314 e. The maximum atomic E-state index is 10.4. The summed E-state index contributed by atoms with van der Waals surface area (Å²) < 4.78 is 0. The fourth-order valence-electron chi connectivity index (χ4n) is 0.480. The predicted molar refractivity (Wildman–Crippen MR) is 34.4 cm³/mol. The van der Waals surface area contributed by atoms with Crippen molar-refractivity contribution < 1.29 is 10.1 Å². The van der Waals surface area contributed by atoms with Gasteiger partial charge in [-0.05, 0) is 0 Å². The highest BCUT2D eigenvalue weighted by Crippen LogP contribution is 2.01. The van der Waals surface area contributed by atoms with E-state index in [4.69, 9.17) is 0 Å². The van der Waals surface area contributed by atoms with Crippen molar-refractivity contribution >= 4 is 22.4 Å². The molecule has 0 aliphatic carbocycles. The Labute approximate surface area is 56.7 Å². The third kappa shape index (κ3) is 1.91. The van der Waals surface area contributed by atoms with E-state index in [9.17, 15) is 4.79 Å².